The molecule has 4 aromatic rings. The first-order chi connectivity index (χ1) is 15.5. The highest BCUT2D eigenvalue weighted by Gasteiger charge is 2.11. The van der Waals surface area contributed by atoms with E-state index in [1.165, 1.54) is 0 Å². The molecule has 0 aliphatic carbocycles. The smallest absolute Gasteiger partial charge is 0.198 e. The average molecular weight is 432 g/mol. The fourth-order valence-corrected chi connectivity index (χ4v) is 3.70. The first kappa shape index (κ1) is 21.6. The van der Waals surface area contributed by atoms with Crippen molar-refractivity contribution in [3.63, 3.8) is 0 Å². The Morgan fingerprint density at radius 1 is 1.16 bits per heavy atom. The number of aromatic nitrogens is 3. The molecule has 0 bridgehead atoms. The third-order valence-corrected chi connectivity index (χ3v) is 5.33. The Kier molecular flexibility index (Phi) is 6.56. The molecule has 4 rings (SSSR count). The number of nitrogens with one attached hydrogen (secondary N) is 2. The van der Waals surface area contributed by atoms with Crippen molar-refractivity contribution in [2.24, 2.45) is 4.99 Å². The number of rotatable bonds is 9. The molecule has 2 heterocycles. The molecular formula is C25H29N5O2. The Hall–Kier alpha value is -3.58. The van der Waals surface area contributed by atoms with Crippen LogP contribution in [0.3, 0.4) is 0 Å². The van der Waals surface area contributed by atoms with Crippen molar-refractivity contribution in [1.82, 2.24) is 20.1 Å². The van der Waals surface area contributed by atoms with Crippen LogP contribution in [-0.2, 0) is 6.42 Å². The number of H-pyrrole nitrogens is 2. The number of aliphatic imine (C=N–C) groups is 1. The molecule has 166 valence electrons. The Bertz CT molecular complexity index is 1210. The van der Waals surface area contributed by atoms with Gasteiger partial charge in [0.15, 0.2) is 11.7 Å². The molecule has 0 aliphatic rings. The molecule has 0 saturated heterocycles. The van der Waals surface area contributed by atoms with Crippen LogP contribution >= 0.6 is 0 Å². The highest BCUT2D eigenvalue weighted by molar-refractivity contribution is 6.04. The van der Waals surface area contributed by atoms with E-state index >= 15 is 0 Å². The summed E-state index contributed by atoms with van der Waals surface area (Å²) in [6.07, 6.45) is 3.38. The molecule has 0 spiro atoms. The van der Waals surface area contributed by atoms with Gasteiger partial charge in [0.2, 0.25) is 0 Å². The quantitative estimate of drug-likeness (QED) is 0.267. The summed E-state index contributed by atoms with van der Waals surface area (Å²) in [5.41, 5.74) is 4.76. The standard InChI is InChI=1S/C25H29N5O2/c1-17-6-4-7-22-24(17)21(25(31)27-22)16-26-23-15-19(28-29-23)14-18-8-10-20(11-9-18)32-13-5-12-30(2)3/h4,6-11,15-16,27,31H,5,12-14H2,1-3H3,(H,28,29). The first-order valence-corrected chi connectivity index (χ1v) is 10.7. The van der Waals surface area contributed by atoms with Gasteiger partial charge in [0.1, 0.15) is 5.75 Å². The van der Waals surface area contributed by atoms with E-state index in [4.69, 9.17) is 4.74 Å². The summed E-state index contributed by atoms with van der Waals surface area (Å²) in [7, 11) is 4.13. The summed E-state index contributed by atoms with van der Waals surface area (Å²) in [5, 5.41) is 18.6. The molecule has 0 radical (unpaired) electrons. The van der Waals surface area contributed by atoms with Crippen molar-refractivity contribution >= 4 is 22.9 Å². The summed E-state index contributed by atoms with van der Waals surface area (Å²) in [6, 6.07) is 16.0. The maximum Gasteiger partial charge on any atom is 0.198 e. The monoisotopic (exact) mass is 431 g/mol. The van der Waals surface area contributed by atoms with E-state index in [1.807, 2.05) is 43.3 Å². The molecule has 0 fully saturated rings. The number of ether oxygens (including phenoxy) is 1. The molecule has 2 aromatic carbocycles. The van der Waals surface area contributed by atoms with E-state index < -0.39 is 0 Å². The van der Waals surface area contributed by atoms with Gasteiger partial charge in [-0.2, -0.15) is 5.10 Å². The molecule has 7 heteroatoms. The summed E-state index contributed by atoms with van der Waals surface area (Å²) in [4.78, 5) is 9.60. The number of hydrogen-bond acceptors (Lipinski definition) is 5. The van der Waals surface area contributed by atoms with Gasteiger partial charge in [-0.25, -0.2) is 4.99 Å². The van der Waals surface area contributed by atoms with Crippen LogP contribution in [0.15, 0.2) is 53.5 Å². The van der Waals surface area contributed by atoms with Gasteiger partial charge in [-0.3, -0.25) is 5.10 Å². The fraction of sp³-hybridized carbons (Fsp3) is 0.280. The van der Waals surface area contributed by atoms with Crippen LogP contribution in [0.5, 0.6) is 11.6 Å². The van der Waals surface area contributed by atoms with Crippen LogP contribution in [0.1, 0.15) is 28.8 Å². The topological polar surface area (TPSA) is 89.5 Å². The molecule has 0 saturated carbocycles. The number of fused-ring (bicyclic) bond motifs is 1. The maximum atomic E-state index is 10.3. The summed E-state index contributed by atoms with van der Waals surface area (Å²) in [6.45, 7) is 3.74. The summed E-state index contributed by atoms with van der Waals surface area (Å²) >= 11 is 0. The van der Waals surface area contributed by atoms with Crippen LogP contribution < -0.4 is 4.74 Å². The lowest BCUT2D eigenvalue weighted by Crippen LogP contribution is -2.15. The highest BCUT2D eigenvalue weighted by atomic mass is 16.5. The second-order valence-electron chi connectivity index (χ2n) is 8.22. The van der Waals surface area contributed by atoms with E-state index in [0.29, 0.717) is 18.0 Å². The minimum absolute atomic E-state index is 0.109. The van der Waals surface area contributed by atoms with E-state index in [0.717, 1.165) is 52.9 Å². The molecule has 0 atom stereocenters. The van der Waals surface area contributed by atoms with Gasteiger partial charge in [0, 0.05) is 41.8 Å². The van der Waals surface area contributed by atoms with Crippen LogP contribution in [-0.4, -0.2) is 58.6 Å². The highest BCUT2D eigenvalue weighted by Crippen LogP contribution is 2.28. The number of aryl methyl sites for hydroxylation is 1. The van der Waals surface area contributed by atoms with Gasteiger partial charge < -0.3 is 19.7 Å². The molecule has 2 aromatic heterocycles. The average Bonchev–Trinajstić information content (AvgIpc) is 3.34. The maximum absolute atomic E-state index is 10.3. The zero-order valence-electron chi connectivity index (χ0n) is 18.7. The number of nitrogens with zero attached hydrogens (tertiary/aromatic N) is 3. The predicted molar refractivity (Wildman–Crippen MR) is 128 cm³/mol. The Labute approximate surface area is 187 Å². The van der Waals surface area contributed by atoms with Gasteiger partial charge in [0.25, 0.3) is 0 Å². The molecule has 7 nitrogen and oxygen atoms in total. The number of hydrogen-bond donors (Lipinski definition) is 3. The van der Waals surface area contributed by atoms with E-state index in [9.17, 15) is 5.11 Å². The Morgan fingerprint density at radius 2 is 1.97 bits per heavy atom. The molecule has 0 aliphatic heterocycles. The first-order valence-electron chi connectivity index (χ1n) is 10.7. The second kappa shape index (κ2) is 9.70. The van der Waals surface area contributed by atoms with Crippen LogP contribution in [0.4, 0.5) is 5.82 Å². The van der Waals surface area contributed by atoms with Gasteiger partial charge in [-0.05, 0) is 56.8 Å². The summed E-state index contributed by atoms with van der Waals surface area (Å²) < 4.78 is 5.79. The Balaban J connectivity index is 1.38. The minimum Gasteiger partial charge on any atom is -0.494 e. The van der Waals surface area contributed by atoms with Crippen molar-refractivity contribution in [3.05, 3.63) is 70.9 Å². The van der Waals surface area contributed by atoms with E-state index in [-0.39, 0.29) is 5.88 Å². The van der Waals surface area contributed by atoms with Crippen molar-refractivity contribution in [3.8, 4) is 11.6 Å². The normalized spacial score (nSPS) is 11.8. The minimum atomic E-state index is 0.109. The van der Waals surface area contributed by atoms with E-state index in [2.05, 4.69) is 51.3 Å². The van der Waals surface area contributed by atoms with Crippen molar-refractivity contribution in [2.75, 3.05) is 27.2 Å². The second-order valence-corrected chi connectivity index (χ2v) is 8.22. The van der Waals surface area contributed by atoms with Crippen molar-refractivity contribution in [2.45, 2.75) is 19.8 Å². The van der Waals surface area contributed by atoms with Gasteiger partial charge in [-0.1, -0.05) is 24.3 Å². The lowest BCUT2D eigenvalue weighted by Gasteiger charge is -2.10. The number of aromatic hydroxyl groups is 1. The molecule has 32 heavy (non-hydrogen) atoms. The molecular weight excluding hydrogens is 402 g/mol. The van der Waals surface area contributed by atoms with Gasteiger partial charge in [0.05, 0.1) is 12.2 Å². The number of benzene rings is 2. The number of aromatic amines is 2. The van der Waals surface area contributed by atoms with E-state index in [1.54, 1.807) is 6.21 Å². The predicted octanol–water partition coefficient (Wildman–Crippen LogP) is 4.58. The lowest BCUT2D eigenvalue weighted by molar-refractivity contribution is 0.281. The zero-order chi connectivity index (χ0) is 22.5. The lowest BCUT2D eigenvalue weighted by atomic mass is 10.1. The third kappa shape index (κ3) is 5.18. The van der Waals surface area contributed by atoms with Crippen LogP contribution in [0, 0.1) is 6.92 Å². The molecule has 3 N–H and O–H groups in total. The molecule has 0 amide bonds. The fourth-order valence-electron chi connectivity index (χ4n) is 3.70. The largest absolute Gasteiger partial charge is 0.494 e. The summed E-state index contributed by atoms with van der Waals surface area (Å²) in [5.74, 6) is 1.57. The van der Waals surface area contributed by atoms with Crippen LogP contribution in [0.25, 0.3) is 10.9 Å². The van der Waals surface area contributed by atoms with Gasteiger partial charge >= 0.3 is 0 Å². The Morgan fingerprint density at radius 3 is 2.75 bits per heavy atom. The third-order valence-electron chi connectivity index (χ3n) is 5.33. The van der Waals surface area contributed by atoms with Crippen molar-refractivity contribution in [1.29, 1.82) is 0 Å². The zero-order valence-corrected chi connectivity index (χ0v) is 18.7. The van der Waals surface area contributed by atoms with Crippen LogP contribution in [0.2, 0.25) is 0 Å². The SMILES string of the molecule is Cc1cccc2[nH]c(O)c(C=Nc3cc(Cc4ccc(OCCCN(C)C)cc4)[nH]n3)c12. The van der Waals surface area contributed by atoms with Crippen molar-refractivity contribution < 1.29 is 9.84 Å². The molecule has 0 unspecified atom stereocenters. The van der Waals surface area contributed by atoms with Gasteiger partial charge in [-0.15, -0.1) is 0 Å².